The molecule has 0 aromatic carbocycles. The van der Waals surface area contributed by atoms with Crippen LogP contribution in [0.1, 0.15) is 33.6 Å². The quantitative estimate of drug-likeness (QED) is 0.673. The lowest BCUT2D eigenvalue weighted by molar-refractivity contribution is 0.265. The minimum atomic E-state index is 0.151. The lowest BCUT2D eigenvalue weighted by atomic mass is 9.82. The Kier molecular flexibility index (Phi) is 2.89. The molecule has 0 aromatic heterocycles. The Morgan fingerprint density at radius 1 is 1.67 bits per heavy atom. The van der Waals surface area contributed by atoms with Gasteiger partial charge in [-0.2, -0.15) is 0 Å². The summed E-state index contributed by atoms with van der Waals surface area (Å²) in [5.41, 5.74) is 1.06. The molecule has 1 fully saturated rings. The van der Waals surface area contributed by atoms with Gasteiger partial charge in [0.15, 0.2) is 0 Å². The Bertz CT molecular complexity index is 186. The highest BCUT2D eigenvalue weighted by atomic mass is 19.1. The average molecular weight is 171 g/mol. The van der Waals surface area contributed by atoms with Gasteiger partial charge in [0.2, 0.25) is 0 Å². The Balaban J connectivity index is 2.72. The molecule has 0 amide bonds. The Morgan fingerprint density at radius 2 is 2.33 bits per heavy atom. The van der Waals surface area contributed by atoms with E-state index in [0.717, 1.165) is 31.3 Å². The summed E-state index contributed by atoms with van der Waals surface area (Å²) in [6.45, 7) is 7.27. The molecule has 0 saturated carbocycles. The molecule has 0 spiro atoms. The molecular formula is C10H18FN. The van der Waals surface area contributed by atoms with Gasteiger partial charge < -0.3 is 5.32 Å². The predicted octanol–water partition coefficient (Wildman–Crippen LogP) is 2.64. The van der Waals surface area contributed by atoms with Crippen molar-refractivity contribution in [3.05, 3.63) is 11.9 Å². The van der Waals surface area contributed by atoms with Gasteiger partial charge in [-0.1, -0.05) is 20.8 Å². The van der Waals surface area contributed by atoms with E-state index in [1.54, 1.807) is 0 Å². The molecule has 1 unspecified atom stereocenters. The van der Waals surface area contributed by atoms with E-state index in [-0.39, 0.29) is 5.54 Å². The molecule has 1 saturated heterocycles. The average Bonchev–Trinajstić information content (AvgIpc) is 2.48. The van der Waals surface area contributed by atoms with Crippen molar-refractivity contribution in [3.8, 4) is 0 Å². The second kappa shape index (κ2) is 3.56. The van der Waals surface area contributed by atoms with Crippen LogP contribution in [0, 0.1) is 5.92 Å². The molecule has 0 bridgehead atoms. The van der Waals surface area contributed by atoms with Crippen LogP contribution in [0.15, 0.2) is 11.9 Å². The first kappa shape index (κ1) is 9.72. The maximum atomic E-state index is 12.2. The van der Waals surface area contributed by atoms with E-state index in [4.69, 9.17) is 0 Å². The largest absolute Gasteiger partial charge is 0.307 e. The third-order valence-electron chi connectivity index (χ3n) is 3.10. The van der Waals surface area contributed by atoms with Gasteiger partial charge in [0.25, 0.3) is 0 Å². The zero-order chi connectivity index (χ0) is 9.19. The third kappa shape index (κ3) is 1.53. The Morgan fingerprint density at radius 3 is 2.58 bits per heavy atom. The first-order valence-electron chi connectivity index (χ1n) is 4.68. The third-order valence-corrected chi connectivity index (χ3v) is 3.10. The van der Waals surface area contributed by atoms with Crippen LogP contribution in [0.25, 0.3) is 0 Å². The summed E-state index contributed by atoms with van der Waals surface area (Å²) in [4.78, 5) is 0. The summed E-state index contributed by atoms with van der Waals surface area (Å²) in [6, 6.07) is 0. The van der Waals surface area contributed by atoms with Crippen LogP contribution in [0.4, 0.5) is 4.39 Å². The van der Waals surface area contributed by atoms with E-state index in [9.17, 15) is 4.39 Å². The van der Waals surface area contributed by atoms with Crippen molar-refractivity contribution < 1.29 is 4.39 Å². The number of rotatable bonds is 2. The molecule has 0 radical (unpaired) electrons. The molecular weight excluding hydrogens is 153 g/mol. The molecule has 1 atom stereocenters. The molecule has 0 aliphatic carbocycles. The second-order valence-corrected chi connectivity index (χ2v) is 3.96. The van der Waals surface area contributed by atoms with Crippen molar-refractivity contribution >= 4 is 0 Å². The molecule has 1 N–H and O–H groups in total. The lowest BCUT2D eigenvalue weighted by Gasteiger charge is -2.32. The van der Waals surface area contributed by atoms with Crippen LogP contribution < -0.4 is 5.32 Å². The first-order chi connectivity index (χ1) is 5.64. The number of hydrogen-bond donors (Lipinski definition) is 1. The topological polar surface area (TPSA) is 12.0 Å². The lowest BCUT2D eigenvalue weighted by Crippen LogP contribution is -2.43. The van der Waals surface area contributed by atoms with Gasteiger partial charge >= 0.3 is 0 Å². The molecule has 1 heterocycles. The fraction of sp³-hybridized carbons (Fsp3) is 0.800. The molecule has 1 nitrogen and oxygen atoms in total. The van der Waals surface area contributed by atoms with E-state index in [2.05, 4.69) is 26.1 Å². The standard InChI is InChI=1S/C10H18FN/c1-4-10(8(2)3)5-9(6-11)7-12-10/h6,8,12H,4-5,7H2,1-3H3/b9-6+. The molecule has 12 heavy (non-hydrogen) atoms. The normalized spacial score (nSPS) is 33.6. The Labute approximate surface area is 74.0 Å². The molecule has 1 aliphatic rings. The fourth-order valence-corrected chi connectivity index (χ4v) is 1.96. The number of hydrogen-bond acceptors (Lipinski definition) is 1. The first-order valence-corrected chi connectivity index (χ1v) is 4.68. The van der Waals surface area contributed by atoms with Gasteiger partial charge in [-0.15, -0.1) is 0 Å². The van der Waals surface area contributed by atoms with Gasteiger partial charge in [-0.05, 0) is 24.3 Å². The SMILES string of the molecule is CCC1(C(C)C)C/C(=C\F)CN1. The van der Waals surface area contributed by atoms with Gasteiger partial charge in [0, 0.05) is 12.1 Å². The van der Waals surface area contributed by atoms with Crippen molar-refractivity contribution in [2.45, 2.75) is 39.2 Å². The summed E-state index contributed by atoms with van der Waals surface area (Å²) in [5.74, 6) is 0.569. The van der Waals surface area contributed by atoms with Gasteiger partial charge in [-0.25, -0.2) is 4.39 Å². The molecule has 1 rings (SSSR count). The van der Waals surface area contributed by atoms with Gasteiger partial charge in [0.05, 0.1) is 6.33 Å². The zero-order valence-electron chi connectivity index (χ0n) is 8.15. The molecule has 2 heteroatoms. The van der Waals surface area contributed by atoms with Crippen LogP contribution in [-0.2, 0) is 0 Å². The predicted molar refractivity (Wildman–Crippen MR) is 49.7 cm³/mol. The summed E-state index contributed by atoms with van der Waals surface area (Å²) in [6.07, 6.45) is 2.70. The highest BCUT2D eigenvalue weighted by Gasteiger charge is 2.36. The highest BCUT2D eigenvalue weighted by molar-refractivity contribution is 5.16. The highest BCUT2D eigenvalue weighted by Crippen LogP contribution is 2.33. The number of halogens is 1. The summed E-state index contributed by atoms with van der Waals surface area (Å²) in [7, 11) is 0. The Hall–Kier alpha value is -0.370. The zero-order valence-corrected chi connectivity index (χ0v) is 8.15. The van der Waals surface area contributed by atoms with Crippen molar-refractivity contribution in [1.82, 2.24) is 5.32 Å². The molecule has 1 aliphatic heterocycles. The molecule has 0 aromatic rings. The summed E-state index contributed by atoms with van der Waals surface area (Å²) < 4.78 is 12.2. The maximum absolute atomic E-state index is 12.2. The van der Waals surface area contributed by atoms with Gasteiger partial charge in [0.1, 0.15) is 0 Å². The summed E-state index contributed by atoms with van der Waals surface area (Å²) in [5, 5.41) is 3.41. The van der Waals surface area contributed by atoms with E-state index in [0.29, 0.717) is 5.92 Å². The second-order valence-electron chi connectivity index (χ2n) is 3.96. The van der Waals surface area contributed by atoms with Crippen LogP contribution >= 0.6 is 0 Å². The molecule has 70 valence electrons. The van der Waals surface area contributed by atoms with Crippen LogP contribution in [-0.4, -0.2) is 12.1 Å². The summed E-state index contributed by atoms with van der Waals surface area (Å²) >= 11 is 0. The van der Waals surface area contributed by atoms with Crippen molar-refractivity contribution in [1.29, 1.82) is 0 Å². The minimum absolute atomic E-state index is 0.151. The van der Waals surface area contributed by atoms with E-state index in [1.807, 2.05) is 0 Å². The minimum Gasteiger partial charge on any atom is -0.307 e. The van der Waals surface area contributed by atoms with Crippen LogP contribution in [0.3, 0.4) is 0 Å². The fourth-order valence-electron chi connectivity index (χ4n) is 1.96. The van der Waals surface area contributed by atoms with Crippen molar-refractivity contribution in [2.24, 2.45) is 5.92 Å². The number of nitrogens with one attached hydrogen (secondary N) is 1. The van der Waals surface area contributed by atoms with Gasteiger partial charge in [-0.3, -0.25) is 0 Å². The van der Waals surface area contributed by atoms with E-state index in [1.165, 1.54) is 0 Å². The van der Waals surface area contributed by atoms with Crippen molar-refractivity contribution in [2.75, 3.05) is 6.54 Å². The maximum Gasteiger partial charge on any atom is 0.0872 e. The van der Waals surface area contributed by atoms with Crippen LogP contribution in [0.2, 0.25) is 0 Å². The van der Waals surface area contributed by atoms with E-state index < -0.39 is 0 Å². The smallest absolute Gasteiger partial charge is 0.0872 e. The van der Waals surface area contributed by atoms with E-state index >= 15 is 0 Å². The van der Waals surface area contributed by atoms with Crippen LogP contribution in [0.5, 0.6) is 0 Å². The monoisotopic (exact) mass is 171 g/mol. The van der Waals surface area contributed by atoms with Crippen molar-refractivity contribution in [3.63, 3.8) is 0 Å².